The number of nitrogens with one attached hydrogen (secondary N) is 1. The van der Waals surface area contributed by atoms with Crippen molar-refractivity contribution < 1.29 is 9.59 Å². The smallest absolute Gasteiger partial charge is 0.230 e. The van der Waals surface area contributed by atoms with E-state index < -0.39 is 0 Å². The molecule has 1 N–H and O–H groups in total. The first-order valence-corrected chi connectivity index (χ1v) is 4.67. The maximum Gasteiger partial charge on any atom is 0.230 e. The SMILES string of the molecule is O=C1CCN(Cc2ccc[nH]2)C(=O)C1. The summed E-state index contributed by atoms with van der Waals surface area (Å²) in [6.45, 7) is 1.13. The molecule has 14 heavy (non-hydrogen) atoms. The Hall–Kier alpha value is -1.58. The number of nitrogens with zero attached hydrogens (tertiary/aromatic N) is 1. The number of rotatable bonds is 2. The normalized spacial score (nSPS) is 17.6. The van der Waals surface area contributed by atoms with Gasteiger partial charge in [-0.25, -0.2) is 0 Å². The Morgan fingerprint density at radius 1 is 1.43 bits per heavy atom. The van der Waals surface area contributed by atoms with E-state index in [1.807, 2.05) is 18.3 Å². The molecule has 2 rings (SSSR count). The molecule has 1 saturated heterocycles. The summed E-state index contributed by atoms with van der Waals surface area (Å²) in [5.41, 5.74) is 1.01. The lowest BCUT2D eigenvalue weighted by atomic mass is 10.1. The number of H-pyrrole nitrogens is 1. The maximum atomic E-state index is 11.4. The average Bonchev–Trinajstić information content (AvgIpc) is 2.62. The van der Waals surface area contributed by atoms with Crippen molar-refractivity contribution in [2.24, 2.45) is 0 Å². The van der Waals surface area contributed by atoms with Crippen LogP contribution in [0.25, 0.3) is 0 Å². The van der Waals surface area contributed by atoms with Gasteiger partial charge in [0.15, 0.2) is 0 Å². The molecule has 1 amide bonds. The maximum absolute atomic E-state index is 11.4. The quantitative estimate of drug-likeness (QED) is 0.701. The van der Waals surface area contributed by atoms with Gasteiger partial charge in [-0.15, -0.1) is 0 Å². The number of hydrogen-bond acceptors (Lipinski definition) is 2. The van der Waals surface area contributed by atoms with Crippen molar-refractivity contribution in [3.63, 3.8) is 0 Å². The molecule has 1 aromatic rings. The molecule has 1 aromatic heterocycles. The molecule has 4 heteroatoms. The van der Waals surface area contributed by atoms with Crippen LogP contribution in [-0.2, 0) is 16.1 Å². The molecule has 1 aliphatic heterocycles. The van der Waals surface area contributed by atoms with E-state index in [1.165, 1.54) is 0 Å². The third-order valence-electron chi connectivity index (χ3n) is 2.39. The van der Waals surface area contributed by atoms with E-state index in [1.54, 1.807) is 4.90 Å². The van der Waals surface area contributed by atoms with Crippen LogP contribution in [0.1, 0.15) is 18.5 Å². The van der Waals surface area contributed by atoms with Crippen LogP contribution in [0.15, 0.2) is 18.3 Å². The van der Waals surface area contributed by atoms with Gasteiger partial charge in [-0.05, 0) is 12.1 Å². The molecule has 0 radical (unpaired) electrons. The predicted molar refractivity (Wildman–Crippen MR) is 50.5 cm³/mol. The molecule has 0 saturated carbocycles. The molecule has 0 spiro atoms. The van der Waals surface area contributed by atoms with E-state index in [4.69, 9.17) is 0 Å². The van der Waals surface area contributed by atoms with Gasteiger partial charge in [0.2, 0.25) is 5.91 Å². The van der Waals surface area contributed by atoms with Crippen molar-refractivity contribution in [3.05, 3.63) is 24.0 Å². The second-order valence-corrected chi connectivity index (χ2v) is 3.48. The fourth-order valence-corrected chi connectivity index (χ4v) is 1.59. The molecule has 1 fully saturated rings. The first kappa shape index (κ1) is 8.99. The van der Waals surface area contributed by atoms with Gasteiger partial charge in [0.05, 0.1) is 13.0 Å². The monoisotopic (exact) mass is 192 g/mol. The molecular weight excluding hydrogens is 180 g/mol. The van der Waals surface area contributed by atoms with Gasteiger partial charge < -0.3 is 9.88 Å². The molecule has 1 aliphatic rings. The molecule has 0 aromatic carbocycles. The van der Waals surface area contributed by atoms with E-state index >= 15 is 0 Å². The summed E-state index contributed by atoms with van der Waals surface area (Å²) in [5, 5.41) is 0. The van der Waals surface area contributed by atoms with Crippen molar-refractivity contribution >= 4 is 11.7 Å². The number of likely N-dealkylation sites (tertiary alicyclic amines) is 1. The Kier molecular flexibility index (Phi) is 2.35. The highest BCUT2D eigenvalue weighted by Crippen LogP contribution is 2.10. The van der Waals surface area contributed by atoms with Crippen LogP contribution in [0, 0.1) is 0 Å². The van der Waals surface area contributed by atoms with Crippen LogP contribution in [0.5, 0.6) is 0 Å². The minimum absolute atomic E-state index is 0.0535. The summed E-state index contributed by atoms with van der Waals surface area (Å²) in [6.07, 6.45) is 2.39. The largest absolute Gasteiger partial charge is 0.364 e. The second kappa shape index (κ2) is 3.65. The molecule has 2 heterocycles. The number of piperidine rings is 1. The zero-order chi connectivity index (χ0) is 9.97. The van der Waals surface area contributed by atoms with Crippen molar-refractivity contribution in [1.29, 1.82) is 0 Å². The van der Waals surface area contributed by atoms with E-state index in [2.05, 4.69) is 4.98 Å². The van der Waals surface area contributed by atoms with Gasteiger partial charge in [-0.2, -0.15) is 0 Å². The van der Waals surface area contributed by atoms with Gasteiger partial charge >= 0.3 is 0 Å². The van der Waals surface area contributed by atoms with E-state index in [0.29, 0.717) is 19.5 Å². The fraction of sp³-hybridized carbons (Fsp3) is 0.400. The third-order valence-corrected chi connectivity index (χ3v) is 2.39. The highest BCUT2D eigenvalue weighted by atomic mass is 16.2. The van der Waals surface area contributed by atoms with Crippen molar-refractivity contribution in [2.45, 2.75) is 19.4 Å². The summed E-state index contributed by atoms with van der Waals surface area (Å²) in [6, 6.07) is 3.83. The topological polar surface area (TPSA) is 53.2 Å². The Morgan fingerprint density at radius 3 is 2.93 bits per heavy atom. The third kappa shape index (κ3) is 1.84. The molecule has 4 nitrogen and oxygen atoms in total. The first-order chi connectivity index (χ1) is 6.75. The zero-order valence-corrected chi connectivity index (χ0v) is 7.82. The highest BCUT2D eigenvalue weighted by molar-refractivity contribution is 6.00. The number of ketones is 1. The molecule has 0 unspecified atom stereocenters. The van der Waals surface area contributed by atoms with Crippen molar-refractivity contribution in [1.82, 2.24) is 9.88 Å². The van der Waals surface area contributed by atoms with Gasteiger partial charge in [-0.1, -0.05) is 0 Å². The van der Waals surface area contributed by atoms with Crippen LogP contribution in [0.4, 0.5) is 0 Å². The summed E-state index contributed by atoms with van der Waals surface area (Å²) >= 11 is 0. The number of carbonyl (C=O) groups excluding carboxylic acids is 2. The van der Waals surface area contributed by atoms with Crippen molar-refractivity contribution in [2.75, 3.05) is 6.54 Å². The number of aromatic nitrogens is 1. The van der Waals surface area contributed by atoms with E-state index in [0.717, 1.165) is 5.69 Å². The number of hydrogen-bond donors (Lipinski definition) is 1. The summed E-state index contributed by atoms with van der Waals surface area (Å²) < 4.78 is 0. The first-order valence-electron chi connectivity index (χ1n) is 4.67. The Balaban J connectivity index is 1.99. The lowest BCUT2D eigenvalue weighted by Crippen LogP contribution is -2.38. The Bertz CT molecular complexity index is 343. The molecule has 74 valence electrons. The van der Waals surface area contributed by atoms with E-state index in [9.17, 15) is 9.59 Å². The minimum Gasteiger partial charge on any atom is -0.364 e. The lowest BCUT2D eigenvalue weighted by molar-refractivity contribution is -0.139. The van der Waals surface area contributed by atoms with Gasteiger partial charge in [-0.3, -0.25) is 9.59 Å². The van der Waals surface area contributed by atoms with Crippen LogP contribution < -0.4 is 0 Å². The van der Waals surface area contributed by atoms with Gasteiger partial charge in [0.25, 0.3) is 0 Å². The lowest BCUT2D eigenvalue weighted by Gasteiger charge is -2.25. The zero-order valence-electron chi connectivity index (χ0n) is 7.82. The summed E-state index contributed by atoms with van der Waals surface area (Å²) in [4.78, 5) is 27.1. The van der Waals surface area contributed by atoms with Crippen LogP contribution >= 0.6 is 0 Å². The molecule has 0 atom stereocenters. The number of amides is 1. The fourth-order valence-electron chi connectivity index (χ4n) is 1.59. The predicted octanol–water partition coefficient (Wildman–Crippen LogP) is 0.706. The standard InChI is InChI=1S/C10H12N2O2/c13-9-3-5-12(10(14)6-9)7-8-2-1-4-11-8/h1-2,4,11H,3,5-7H2. The van der Waals surface area contributed by atoms with E-state index in [-0.39, 0.29) is 18.1 Å². The highest BCUT2D eigenvalue weighted by Gasteiger charge is 2.23. The van der Waals surface area contributed by atoms with Gasteiger partial charge in [0.1, 0.15) is 5.78 Å². The molecular formula is C10H12N2O2. The van der Waals surface area contributed by atoms with Crippen LogP contribution in [0.3, 0.4) is 0 Å². The summed E-state index contributed by atoms with van der Waals surface area (Å²) in [5.74, 6) is -0.00594. The Morgan fingerprint density at radius 2 is 2.29 bits per heavy atom. The van der Waals surface area contributed by atoms with Gasteiger partial charge in [0, 0.05) is 24.9 Å². The van der Waals surface area contributed by atoms with Crippen LogP contribution in [-0.4, -0.2) is 28.1 Å². The minimum atomic E-state index is -0.0594. The molecule has 0 aliphatic carbocycles. The summed E-state index contributed by atoms with van der Waals surface area (Å²) in [7, 11) is 0. The number of aromatic amines is 1. The van der Waals surface area contributed by atoms with Crippen molar-refractivity contribution in [3.8, 4) is 0 Å². The number of Topliss-reactive ketones (excluding diaryl/α,β-unsaturated/α-hetero) is 1. The van der Waals surface area contributed by atoms with Crippen LogP contribution in [0.2, 0.25) is 0 Å². The number of carbonyl (C=O) groups is 2. The second-order valence-electron chi connectivity index (χ2n) is 3.48. The Labute approximate surface area is 81.9 Å². The molecule has 0 bridgehead atoms. The average molecular weight is 192 g/mol.